The first-order chi connectivity index (χ1) is 14.9. The number of aryl methyl sites for hydroxylation is 1. The van der Waals surface area contributed by atoms with Gasteiger partial charge in [-0.2, -0.15) is 0 Å². The number of carbonyl (C=O) groups excluding carboxylic acids is 1. The topological polar surface area (TPSA) is 82.0 Å². The average molecular weight is 426 g/mol. The first kappa shape index (κ1) is 20.4. The summed E-state index contributed by atoms with van der Waals surface area (Å²) in [5.74, 6) is -0.0991. The second-order valence-electron chi connectivity index (χ2n) is 9.09. The monoisotopic (exact) mass is 426 g/mol. The standard InChI is InChI=1S/C24H27FN2O4/c25-19-3-1-2-4-22(19)31-18-10-17-12-27(14-24(17,30)11-18)13-21(28)16-5-7-20-15(9-16)6-8-23(29)26-20/h1-5,7,9,17-18,21,28,30H,6,8,10-14H2,(H,26,29)/t17-,18-,21+,24+/m1/s1. The van der Waals surface area contributed by atoms with Crippen LogP contribution in [0.2, 0.25) is 0 Å². The highest BCUT2D eigenvalue weighted by molar-refractivity contribution is 5.93. The van der Waals surface area contributed by atoms with E-state index in [0.29, 0.717) is 45.3 Å². The molecule has 2 fully saturated rings. The molecule has 2 heterocycles. The van der Waals surface area contributed by atoms with Crippen molar-refractivity contribution in [3.05, 3.63) is 59.4 Å². The van der Waals surface area contributed by atoms with Crippen LogP contribution in [0.5, 0.6) is 5.75 Å². The lowest BCUT2D eigenvalue weighted by Crippen LogP contribution is -2.36. The van der Waals surface area contributed by atoms with Gasteiger partial charge in [0.1, 0.15) is 6.10 Å². The van der Waals surface area contributed by atoms with Gasteiger partial charge in [0.2, 0.25) is 5.91 Å². The van der Waals surface area contributed by atoms with E-state index in [4.69, 9.17) is 4.74 Å². The third-order valence-corrected chi connectivity index (χ3v) is 6.84. The molecule has 0 aromatic heterocycles. The van der Waals surface area contributed by atoms with E-state index in [0.717, 1.165) is 16.8 Å². The molecular formula is C24H27FN2O4. The van der Waals surface area contributed by atoms with Crippen molar-refractivity contribution in [2.24, 2.45) is 5.92 Å². The number of rotatable bonds is 5. The highest BCUT2D eigenvalue weighted by Crippen LogP contribution is 2.43. The summed E-state index contributed by atoms with van der Waals surface area (Å²) in [6.45, 7) is 1.57. The number of nitrogens with one attached hydrogen (secondary N) is 1. The number of benzene rings is 2. The van der Waals surface area contributed by atoms with Crippen LogP contribution in [0, 0.1) is 11.7 Å². The molecule has 3 N–H and O–H groups in total. The zero-order valence-electron chi connectivity index (χ0n) is 17.3. The summed E-state index contributed by atoms with van der Waals surface area (Å²) < 4.78 is 19.7. The van der Waals surface area contributed by atoms with Gasteiger partial charge in [0.05, 0.1) is 11.7 Å². The van der Waals surface area contributed by atoms with Crippen LogP contribution in [0.4, 0.5) is 10.1 Å². The Hall–Kier alpha value is -2.48. The van der Waals surface area contributed by atoms with E-state index in [1.54, 1.807) is 18.2 Å². The quantitative estimate of drug-likeness (QED) is 0.685. The van der Waals surface area contributed by atoms with Gasteiger partial charge in [0, 0.05) is 44.1 Å². The van der Waals surface area contributed by atoms with E-state index in [9.17, 15) is 19.4 Å². The second kappa shape index (κ2) is 7.89. The number of hydrogen-bond acceptors (Lipinski definition) is 5. The Morgan fingerprint density at radius 3 is 2.90 bits per heavy atom. The lowest BCUT2D eigenvalue weighted by Gasteiger charge is -2.25. The number of carbonyl (C=O) groups is 1. The number of para-hydroxylation sites is 1. The van der Waals surface area contributed by atoms with Crippen LogP contribution in [-0.2, 0) is 11.2 Å². The number of hydrogen-bond donors (Lipinski definition) is 3. The van der Waals surface area contributed by atoms with E-state index in [1.165, 1.54) is 6.07 Å². The molecule has 1 aliphatic carbocycles. The number of ether oxygens (including phenoxy) is 1. The van der Waals surface area contributed by atoms with Gasteiger partial charge in [0.15, 0.2) is 11.6 Å². The zero-order chi connectivity index (χ0) is 21.6. The van der Waals surface area contributed by atoms with Crippen molar-refractivity contribution in [3.8, 4) is 5.75 Å². The number of aliphatic hydroxyl groups is 2. The fourth-order valence-electron chi connectivity index (χ4n) is 5.29. The van der Waals surface area contributed by atoms with E-state index in [2.05, 4.69) is 10.2 Å². The first-order valence-corrected chi connectivity index (χ1v) is 10.9. The van der Waals surface area contributed by atoms with Crippen molar-refractivity contribution in [2.75, 3.05) is 25.0 Å². The van der Waals surface area contributed by atoms with Crippen molar-refractivity contribution in [3.63, 3.8) is 0 Å². The normalized spacial score (nSPS) is 28.7. The summed E-state index contributed by atoms with van der Waals surface area (Å²) in [6, 6.07) is 12.0. The molecule has 31 heavy (non-hydrogen) atoms. The molecule has 3 aliphatic rings. The fraction of sp³-hybridized carbons (Fsp3) is 0.458. The Kier molecular flexibility index (Phi) is 5.20. The second-order valence-corrected chi connectivity index (χ2v) is 9.09. The maximum Gasteiger partial charge on any atom is 0.224 e. The van der Waals surface area contributed by atoms with Gasteiger partial charge in [-0.1, -0.05) is 24.3 Å². The molecule has 2 aliphatic heterocycles. The fourth-order valence-corrected chi connectivity index (χ4v) is 5.29. The lowest BCUT2D eigenvalue weighted by molar-refractivity contribution is -0.116. The van der Waals surface area contributed by atoms with Crippen LogP contribution in [0.1, 0.15) is 36.5 Å². The van der Waals surface area contributed by atoms with Crippen LogP contribution < -0.4 is 10.1 Å². The molecule has 1 saturated heterocycles. The number of anilines is 1. The third kappa shape index (κ3) is 4.05. The molecule has 0 radical (unpaired) electrons. The van der Waals surface area contributed by atoms with Crippen molar-refractivity contribution < 1.29 is 24.1 Å². The van der Waals surface area contributed by atoms with Crippen molar-refractivity contribution in [1.82, 2.24) is 4.90 Å². The van der Waals surface area contributed by atoms with E-state index in [-0.39, 0.29) is 29.5 Å². The Morgan fingerprint density at radius 2 is 2.10 bits per heavy atom. The zero-order valence-corrected chi connectivity index (χ0v) is 17.3. The summed E-state index contributed by atoms with van der Waals surface area (Å²) in [5, 5.41) is 24.8. The molecule has 0 spiro atoms. The third-order valence-electron chi connectivity index (χ3n) is 6.84. The Morgan fingerprint density at radius 1 is 1.26 bits per heavy atom. The van der Waals surface area contributed by atoms with Crippen LogP contribution in [0.15, 0.2) is 42.5 Å². The van der Waals surface area contributed by atoms with Gasteiger partial charge in [-0.25, -0.2) is 4.39 Å². The Labute approximate surface area is 180 Å². The molecular weight excluding hydrogens is 399 g/mol. The lowest BCUT2D eigenvalue weighted by atomic mass is 9.95. The summed E-state index contributed by atoms with van der Waals surface area (Å²) in [7, 11) is 0. The minimum absolute atomic E-state index is 0.0231. The van der Waals surface area contributed by atoms with Crippen LogP contribution in [0.25, 0.3) is 0 Å². The van der Waals surface area contributed by atoms with Crippen molar-refractivity contribution in [2.45, 2.75) is 43.5 Å². The van der Waals surface area contributed by atoms with Gasteiger partial charge in [-0.05, 0) is 42.2 Å². The van der Waals surface area contributed by atoms with Gasteiger partial charge in [-0.15, -0.1) is 0 Å². The van der Waals surface area contributed by atoms with Crippen LogP contribution >= 0.6 is 0 Å². The van der Waals surface area contributed by atoms with Crippen molar-refractivity contribution in [1.29, 1.82) is 0 Å². The summed E-state index contributed by atoms with van der Waals surface area (Å²) in [4.78, 5) is 13.6. The van der Waals surface area contributed by atoms with Gasteiger partial charge in [0.25, 0.3) is 0 Å². The number of aliphatic hydroxyl groups excluding tert-OH is 1. The molecule has 6 nitrogen and oxygen atoms in total. The maximum atomic E-state index is 13.9. The van der Waals surface area contributed by atoms with Crippen molar-refractivity contribution >= 4 is 11.6 Å². The van der Waals surface area contributed by atoms with E-state index >= 15 is 0 Å². The van der Waals surface area contributed by atoms with Crippen LogP contribution in [-0.4, -0.2) is 52.4 Å². The molecule has 4 atom stereocenters. The molecule has 1 amide bonds. The van der Waals surface area contributed by atoms with Gasteiger partial charge in [-0.3, -0.25) is 9.69 Å². The predicted molar refractivity (Wildman–Crippen MR) is 113 cm³/mol. The first-order valence-electron chi connectivity index (χ1n) is 10.9. The molecule has 1 saturated carbocycles. The maximum absolute atomic E-state index is 13.9. The molecule has 0 unspecified atom stereocenters. The molecule has 0 bridgehead atoms. The van der Waals surface area contributed by atoms with Gasteiger partial charge >= 0.3 is 0 Å². The smallest absolute Gasteiger partial charge is 0.224 e. The highest BCUT2D eigenvalue weighted by Gasteiger charge is 2.52. The predicted octanol–water partition coefficient (Wildman–Crippen LogP) is 2.65. The minimum atomic E-state index is -0.879. The SMILES string of the molecule is O=C1CCc2cc([C@@H](O)CN3C[C@H]4C[C@@H](Oc5ccccc5F)C[C@]4(O)C3)ccc2N1. The van der Waals surface area contributed by atoms with Crippen LogP contribution in [0.3, 0.4) is 0 Å². The Balaban J connectivity index is 1.19. The van der Waals surface area contributed by atoms with E-state index in [1.807, 2.05) is 18.2 Å². The number of β-amino-alcohol motifs (C(OH)–C–C–N with tert-alkyl or cyclic N) is 2. The highest BCUT2D eigenvalue weighted by atomic mass is 19.1. The van der Waals surface area contributed by atoms with E-state index < -0.39 is 11.7 Å². The summed E-state index contributed by atoms with van der Waals surface area (Å²) in [6.07, 6.45) is 1.37. The summed E-state index contributed by atoms with van der Waals surface area (Å²) >= 11 is 0. The number of halogens is 1. The van der Waals surface area contributed by atoms with Gasteiger partial charge < -0.3 is 20.3 Å². The molecule has 2 aromatic carbocycles. The number of fused-ring (bicyclic) bond motifs is 2. The minimum Gasteiger partial charge on any atom is -0.487 e. The molecule has 164 valence electrons. The average Bonchev–Trinajstić information content (AvgIpc) is 3.19. The largest absolute Gasteiger partial charge is 0.487 e. The molecule has 5 rings (SSSR count). The summed E-state index contributed by atoms with van der Waals surface area (Å²) in [5.41, 5.74) is 1.80. The molecule has 7 heteroatoms. The number of likely N-dealkylation sites (tertiary alicyclic amines) is 1. The number of amides is 1. The molecule has 2 aromatic rings. The number of nitrogens with zero attached hydrogens (tertiary/aromatic N) is 1. The Bertz CT molecular complexity index is 999.